The van der Waals surface area contributed by atoms with Gasteiger partial charge in [0.1, 0.15) is 0 Å². The first kappa shape index (κ1) is 15.9. The Bertz CT molecular complexity index is 588. The van der Waals surface area contributed by atoms with Crippen molar-refractivity contribution in [1.82, 2.24) is 5.06 Å². The highest BCUT2D eigenvalue weighted by atomic mass is 19.2. The monoisotopic (exact) mass is 309 g/mol. The summed E-state index contributed by atoms with van der Waals surface area (Å²) in [6.07, 6.45) is 1.87. The van der Waals surface area contributed by atoms with E-state index in [1.807, 2.05) is 12.1 Å². The van der Waals surface area contributed by atoms with E-state index in [9.17, 15) is 8.78 Å². The third-order valence-electron chi connectivity index (χ3n) is 5.75. The van der Waals surface area contributed by atoms with Crippen molar-refractivity contribution < 1.29 is 13.6 Å². The molecule has 0 amide bonds. The summed E-state index contributed by atoms with van der Waals surface area (Å²) < 4.78 is 26.9. The smallest absolute Gasteiger partial charge is 0.159 e. The molecule has 2 aliphatic rings. The van der Waals surface area contributed by atoms with Gasteiger partial charge in [-0.1, -0.05) is 19.9 Å². The van der Waals surface area contributed by atoms with Gasteiger partial charge in [0.15, 0.2) is 11.6 Å². The molecule has 1 saturated heterocycles. The lowest BCUT2D eigenvalue weighted by molar-refractivity contribution is -0.182. The second kappa shape index (κ2) is 5.00. The molecule has 1 heterocycles. The molecule has 1 aliphatic heterocycles. The van der Waals surface area contributed by atoms with E-state index in [1.54, 1.807) is 6.07 Å². The highest BCUT2D eigenvalue weighted by molar-refractivity contribution is 5.28. The van der Waals surface area contributed by atoms with Crippen LogP contribution in [-0.2, 0) is 10.3 Å². The maximum Gasteiger partial charge on any atom is 0.159 e. The predicted octanol–water partition coefficient (Wildman–Crippen LogP) is 4.29. The zero-order valence-corrected chi connectivity index (χ0v) is 14.0. The summed E-state index contributed by atoms with van der Waals surface area (Å²) >= 11 is 0. The first-order valence-electron chi connectivity index (χ1n) is 8.01. The molecular weight excluding hydrogens is 284 g/mol. The van der Waals surface area contributed by atoms with Crippen LogP contribution in [-0.4, -0.2) is 23.8 Å². The third-order valence-corrected chi connectivity index (χ3v) is 5.75. The van der Waals surface area contributed by atoms with Crippen LogP contribution >= 0.6 is 0 Å². The molecule has 4 atom stereocenters. The molecule has 3 rings (SSSR count). The Kier molecular flexibility index (Phi) is 3.61. The van der Waals surface area contributed by atoms with Crippen molar-refractivity contribution in [3.05, 3.63) is 35.4 Å². The van der Waals surface area contributed by atoms with E-state index >= 15 is 0 Å². The number of rotatable bonds is 1. The lowest BCUT2D eigenvalue weighted by atomic mass is 9.59. The molecule has 1 aromatic rings. The van der Waals surface area contributed by atoms with E-state index in [1.165, 1.54) is 12.1 Å². The van der Waals surface area contributed by atoms with Crippen LogP contribution < -0.4 is 0 Å². The third kappa shape index (κ3) is 2.37. The molecule has 0 radical (unpaired) electrons. The molecule has 122 valence electrons. The molecule has 0 spiro atoms. The van der Waals surface area contributed by atoms with Gasteiger partial charge < -0.3 is 0 Å². The summed E-state index contributed by atoms with van der Waals surface area (Å²) in [5.41, 5.74) is 0.511. The SMILES string of the molecule is C[C@H]1C[C@@](C)(c2ccc(F)c(F)c2)C[C@@H]2[C@@H]1N(C)OC2(C)C. The molecule has 0 aromatic heterocycles. The van der Waals surface area contributed by atoms with Gasteiger partial charge in [0.05, 0.1) is 5.60 Å². The fourth-order valence-corrected chi connectivity index (χ4v) is 4.79. The summed E-state index contributed by atoms with van der Waals surface area (Å²) in [6.45, 7) is 8.65. The van der Waals surface area contributed by atoms with Crippen LogP contribution in [0.15, 0.2) is 18.2 Å². The lowest BCUT2D eigenvalue weighted by Crippen LogP contribution is -2.48. The van der Waals surface area contributed by atoms with Crippen LogP contribution in [0.3, 0.4) is 0 Å². The van der Waals surface area contributed by atoms with Crippen molar-refractivity contribution in [3.8, 4) is 0 Å². The number of hydrogen-bond donors (Lipinski definition) is 0. The maximum atomic E-state index is 13.7. The number of nitrogens with zero attached hydrogens (tertiary/aromatic N) is 1. The maximum absolute atomic E-state index is 13.7. The quantitative estimate of drug-likeness (QED) is 0.767. The highest BCUT2D eigenvalue weighted by Gasteiger charge is 2.55. The van der Waals surface area contributed by atoms with Gasteiger partial charge in [0.2, 0.25) is 0 Å². The summed E-state index contributed by atoms with van der Waals surface area (Å²) in [5.74, 6) is -0.728. The van der Waals surface area contributed by atoms with E-state index in [2.05, 4.69) is 27.7 Å². The number of halogens is 2. The summed E-state index contributed by atoms with van der Waals surface area (Å²) in [7, 11) is 2.00. The van der Waals surface area contributed by atoms with Gasteiger partial charge >= 0.3 is 0 Å². The van der Waals surface area contributed by atoms with Crippen LogP contribution in [0, 0.1) is 23.5 Å². The Morgan fingerprint density at radius 1 is 1.14 bits per heavy atom. The van der Waals surface area contributed by atoms with Gasteiger partial charge in [0.25, 0.3) is 0 Å². The van der Waals surface area contributed by atoms with Crippen molar-refractivity contribution in [2.75, 3.05) is 7.05 Å². The molecule has 1 saturated carbocycles. The summed E-state index contributed by atoms with van der Waals surface area (Å²) in [6, 6.07) is 4.73. The van der Waals surface area contributed by atoms with Crippen molar-refractivity contribution in [3.63, 3.8) is 0 Å². The molecule has 4 heteroatoms. The molecule has 2 nitrogen and oxygen atoms in total. The predicted molar refractivity (Wildman–Crippen MR) is 82.3 cm³/mol. The van der Waals surface area contributed by atoms with Gasteiger partial charge in [-0.05, 0) is 55.7 Å². The Labute approximate surface area is 131 Å². The lowest BCUT2D eigenvalue weighted by Gasteiger charge is -2.46. The minimum Gasteiger partial charge on any atom is -0.293 e. The Balaban J connectivity index is 1.97. The molecule has 22 heavy (non-hydrogen) atoms. The topological polar surface area (TPSA) is 12.5 Å². The van der Waals surface area contributed by atoms with Crippen molar-refractivity contribution in [2.45, 2.75) is 57.6 Å². The average molecular weight is 309 g/mol. The van der Waals surface area contributed by atoms with Gasteiger partial charge in [0, 0.05) is 19.0 Å². The number of hydroxylamine groups is 2. The standard InChI is InChI=1S/C18H25F2NO/c1-11-9-18(4,12-6-7-14(19)15(20)8-12)10-13-16(11)21(5)22-17(13,2)3/h6-8,11,13,16H,9-10H2,1-5H3/t11-,13+,16+,18+/m0/s1. The van der Waals surface area contributed by atoms with Crippen LogP contribution in [0.4, 0.5) is 8.78 Å². The molecule has 2 fully saturated rings. The number of fused-ring (bicyclic) bond motifs is 1. The largest absolute Gasteiger partial charge is 0.293 e. The van der Waals surface area contributed by atoms with Gasteiger partial charge in [-0.15, -0.1) is 0 Å². The number of benzene rings is 1. The van der Waals surface area contributed by atoms with Crippen LogP contribution in [0.5, 0.6) is 0 Å². The first-order chi connectivity index (χ1) is 10.1. The normalized spacial score (nSPS) is 38.0. The van der Waals surface area contributed by atoms with E-state index in [0.29, 0.717) is 17.9 Å². The van der Waals surface area contributed by atoms with E-state index < -0.39 is 11.6 Å². The van der Waals surface area contributed by atoms with E-state index in [4.69, 9.17) is 4.84 Å². The molecule has 1 aliphatic carbocycles. The van der Waals surface area contributed by atoms with E-state index in [-0.39, 0.29) is 11.0 Å². The molecule has 0 bridgehead atoms. The summed E-state index contributed by atoms with van der Waals surface area (Å²) in [5, 5.41) is 2.00. The van der Waals surface area contributed by atoms with Crippen LogP contribution in [0.25, 0.3) is 0 Å². The second-order valence-electron chi connectivity index (χ2n) is 7.91. The summed E-state index contributed by atoms with van der Waals surface area (Å²) in [4.78, 5) is 6.04. The minimum absolute atomic E-state index is 0.152. The first-order valence-corrected chi connectivity index (χ1v) is 8.01. The van der Waals surface area contributed by atoms with Gasteiger partial charge in [-0.25, -0.2) is 8.78 Å². The molecule has 0 unspecified atom stereocenters. The molecule has 0 N–H and O–H groups in total. The molecule has 1 aromatic carbocycles. The second-order valence-corrected chi connectivity index (χ2v) is 7.91. The van der Waals surface area contributed by atoms with E-state index in [0.717, 1.165) is 18.4 Å². The van der Waals surface area contributed by atoms with Gasteiger partial charge in [-0.3, -0.25) is 4.84 Å². The van der Waals surface area contributed by atoms with Crippen LogP contribution in [0.1, 0.15) is 46.1 Å². The number of hydrogen-bond acceptors (Lipinski definition) is 2. The zero-order valence-electron chi connectivity index (χ0n) is 14.0. The van der Waals surface area contributed by atoms with Crippen molar-refractivity contribution in [2.24, 2.45) is 11.8 Å². The van der Waals surface area contributed by atoms with Gasteiger partial charge in [-0.2, -0.15) is 5.06 Å². The fourth-order valence-electron chi connectivity index (χ4n) is 4.79. The minimum atomic E-state index is -0.779. The zero-order chi connectivity index (χ0) is 16.3. The van der Waals surface area contributed by atoms with Crippen molar-refractivity contribution in [1.29, 1.82) is 0 Å². The Hall–Kier alpha value is -1.00. The fraction of sp³-hybridized carbons (Fsp3) is 0.667. The average Bonchev–Trinajstić information content (AvgIpc) is 2.62. The van der Waals surface area contributed by atoms with Crippen molar-refractivity contribution >= 4 is 0 Å². The Morgan fingerprint density at radius 2 is 1.82 bits per heavy atom. The Morgan fingerprint density at radius 3 is 2.45 bits per heavy atom. The highest BCUT2D eigenvalue weighted by Crippen LogP contribution is 2.53. The van der Waals surface area contributed by atoms with Crippen LogP contribution in [0.2, 0.25) is 0 Å². The molecular formula is C18H25F2NO.